The van der Waals surface area contributed by atoms with Crippen molar-refractivity contribution < 1.29 is 45.5 Å². The summed E-state index contributed by atoms with van der Waals surface area (Å²) >= 11 is 0. The van der Waals surface area contributed by atoms with Crippen molar-refractivity contribution >= 4 is 11.9 Å². The highest BCUT2D eigenvalue weighted by atomic mass is 19.4. The summed E-state index contributed by atoms with van der Waals surface area (Å²) in [6.45, 7) is 3.67. The Balaban J connectivity index is 0.000000429. The first-order valence-electron chi connectivity index (χ1n) is 10.7. The molecule has 13 heteroatoms. The number of hydrogen-bond donors (Lipinski definition) is 1. The fourth-order valence-corrected chi connectivity index (χ4v) is 3.71. The zero-order valence-corrected chi connectivity index (χ0v) is 18.7. The Hall–Kier alpha value is -3.09. The molecule has 1 N–H and O–H groups in total. The van der Waals surface area contributed by atoms with Gasteiger partial charge in [0.15, 0.2) is 0 Å². The van der Waals surface area contributed by atoms with E-state index < -0.39 is 24.0 Å². The van der Waals surface area contributed by atoms with Gasteiger partial charge < -0.3 is 14.4 Å². The maximum atomic E-state index is 13.4. The quantitative estimate of drug-likeness (QED) is 0.628. The van der Waals surface area contributed by atoms with Gasteiger partial charge in [0.2, 0.25) is 0 Å². The van der Waals surface area contributed by atoms with E-state index in [2.05, 4.69) is 9.88 Å². The highest BCUT2D eigenvalue weighted by molar-refractivity contribution is 5.89. The Bertz CT molecular complexity index is 1080. The minimum absolute atomic E-state index is 0.00885. The summed E-state index contributed by atoms with van der Waals surface area (Å²) in [5.74, 6) is -5.45. The second kappa shape index (κ2) is 10.3. The molecule has 0 aliphatic carbocycles. The van der Waals surface area contributed by atoms with Gasteiger partial charge in [0.1, 0.15) is 11.6 Å². The number of hydrogen-bond acceptors (Lipinski definition) is 5. The third-order valence-electron chi connectivity index (χ3n) is 5.64. The van der Waals surface area contributed by atoms with E-state index in [0.717, 1.165) is 12.1 Å². The molecule has 3 heterocycles. The Morgan fingerprint density at radius 2 is 1.80 bits per heavy atom. The number of carbonyl (C=O) groups is 2. The lowest BCUT2D eigenvalue weighted by molar-refractivity contribution is -0.192. The summed E-state index contributed by atoms with van der Waals surface area (Å²) in [6, 6.07) is 5.06. The first-order chi connectivity index (χ1) is 16.2. The molecule has 7 nitrogen and oxygen atoms in total. The number of aryl methyl sites for hydroxylation is 1. The topological polar surface area (TPSA) is 86.9 Å². The zero-order chi connectivity index (χ0) is 26.0. The number of carbonyl (C=O) groups excluding carboxylic acids is 1. The molecule has 2 aromatic rings. The normalized spacial score (nSPS) is 17.9. The van der Waals surface area contributed by atoms with E-state index in [4.69, 9.17) is 14.3 Å². The lowest BCUT2D eigenvalue weighted by Crippen LogP contribution is -2.42. The number of fused-ring (bicyclic) bond motifs is 1. The number of halogens is 6. The van der Waals surface area contributed by atoms with Gasteiger partial charge >= 0.3 is 18.1 Å². The minimum Gasteiger partial charge on any atom is -0.475 e. The van der Waals surface area contributed by atoms with E-state index in [1.54, 1.807) is 13.0 Å². The van der Waals surface area contributed by atoms with E-state index in [1.807, 2.05) is 6.07 Å². The summed E-state index contributed by atoms with van der Waals surface area (Å²) in [5.41, 5.74) is 2.32. The highest BCUT2D eigenvalue weighted by Crippen LogP contribution is 2.29. The number of piperidine rings is 1. The maximum Gasteiger partial charge on any atom is 0.490 e. The lowest BCUT2D eigenvalue weighted by atomic mass is 10.1. The second-order valence-electron chi connectivity index (χ2n) is 8.38. The van der Waals surface area contributed by atoms with Crippen LogP contribution in [0.2, 0.25) is 0 Å². The predicted molar refractivity (Wildman–Crippen MR) is 109 cm³/mol. The van der Waals surface area contributed by atoms with Crippen molar-refractivity contribution in [2.24, 2.45) is 0 Å². The van der Waals surface area contributed by atoms with Gasteiger partial charge in [-0.25, -0.2) is 22.9 Å². The summed E-state index contributed by atoms with van der Waals surface area (Å²) in [6.07, 6.45) is -5.12. The molecule has 4 rings (SSSR count). The molecule has 0 radical (unpaired) electrons. The molecule has 192 valence electrons. The van der Waals surface area contributed by atoms with Crippen molar-refractivity contribution in [1.29, 1.82) is 0 Å². The summed E-state index contributed by atoms with van der Waals surface area (Å²) in [7, 11) is 0. The van der Waals surface area contributed by atoms with E-state index in [9.17, 15) is 31.1 Å². The van der Waals surface area contributed by atoms with Crippen LogP contribution in [0.5, 0.6) is 0 Å². The van der Waals surface area contributed by atoms with Gasteiger partial charge in [0, 0.05) is 52.0 Å². The van der Waals surface area contributed by atoms with Crippen molar-refractivity contribution in [3.63, 3.8) is 0 Å². The molecule has 1 amide bonds. The molecule has 0 spiro atoms. The average Bonchev–Trinajstić information content (AvgIpc) is 3.19. The van der Waals surface area contributed by atoms with Crippen LogP contribution in [0.25, 0.3) is 0 Å². The van der Waals surface area contributed by atoms with Crippen molar-refractivity contribution in [3.05, 3.63) is 52.5 Å². The number of aliphatic carboxylic acids is 1. The molecule has 1 aromatic carbocycles. The van der Waals surface area contributed by atoms with Gasteiger partial charge in [0.25, 0.3) is 11.8 Å². The van der Waals surface area contributed by atoms with Gasteiger partial charge in [-0.3, -0.25) is 9.69 Å². The number of aromatic nitrogens is 1. The van der Waals surface area contributed by atoms with E-state index in [1.165, 1.54) is 11.0 Å². The molecular weight excluding hydrogens is 484 g/mol. The molecule has 1 fully saturated rings. The van der Waals surface area contributed by atoms with Gasteiger partial charge in [-0.2, -0.15) is 13.2 Å². The van der Waals surface area contributed by atoms with E-state index in [0.29, 0.717) is 36.5 Å². The molecule has 0 unspecified atom stereocenters. The van der Waals surface area contributed by atoms with Crippen LogP contribution in [0.3, 0.4) is 0 Å². The SMILES string of the molecule is Cc1cc(CN2CCc3oc(C(=O)N4CCC(F)(F)CC4)nc3C2)ccc1F.O=C(O)C(F)(F)F. The van der Waals surface area contributed by atoms with E-state index >= 15 is 0 Å². The van der Waals surface area contributed by atoms with Crippen molar-refractivity contribution in [2.75, 3.05) is 19.6 Å². The number of amides is 1. The van der Waals surface area contributed by atoms with Crippen LogP contribution in [0.15, 0.2) is 22.6 Å². The predicted octanol–water partition coefficient (Wildman–Crippen LogP) is 4.19. The number of likely N-dealkylation sites (tertiary alicyclic amines) is 1. The Morgan fingerprint density at radius 3 is 2.37 bits per heavy atom. The maximum absolute atomic E-state index is 13.4. The first-order valence-corrected chi connectivity index (χ1v) is 10.7. The largest absolute Gasteiger partial charge is 0.490 e. The monoisotopic (exact) mass is 507 g/mol. The minimum atomic E-state index is -5.08. The number of benzene rings is 1. The highest BCUT2D eigenvalue weighted by Gasteiger charge is 2.38. The van der Waals surface area contributed by atoms with Crippen LogP contribution in [0, 0.1) is 12.7 Å². The fraction of sp³-hybridized carbons (Fsp3) is 0.500. The standard InChI is InChI=1S/C20H22F3N3O2.C2HF3O2/c1-13-10-14(2-3-15(13)21)11-25-7-4-17-16(12-25)24-18(28-17)19(27)26-8-5-20(22,23)6-9-26;3-2(4,5)1(6)7/h2-3,10H,4-9,11-12H2,1H3;(H,6,7). The third kappa shape index (κ3) is 6.96. The molecule has 35 heavy (non-hydrogen) atoms. The molecule has 2 aliphatic heterocycles. The van der Waals surface area contributed by atoms with Gasteiger partial charge in [-0.1, -0.05) is 12.1 Å². The fourth-order valence-electron chi connectivity index (χ4n) is 3.71. The number of rotatable bonds is 3. The van der Waals surface area contributed by atoms with Gasteiger partial charge in [-0.15, -0.1) is 0 Å². The Labute approximate surface area is 196 Å². The Morgan fingerprint density at radius 1 is 1.17 bits per heavy atom. The zero-order valence-electron chi connectivity index (χ0n) is 18.7. The number of carboxylic acid groups (broad SMARTS) is 1. The van der Waals surface area contributed by atoms with Crippen molar-refractivity contribution in [2.45, 2.75) is 51.4 Å². The molecular formula is C22H23F6N3O4. The second-order valence-corrected chi connectivity index (χ2v) is 8.38. The van der Waals surface area contributed by atoms with Crippen LogP contribution >= 0.6 is 0 Å². The van der Waals surface area contributed by atoms with Gasteiger partial charge in [0.05, 0.1) is 5.69 Å². The molecule has 0 saturated carbocycles. The van der Waals surface area contributed by atoms with Crippen molar-refractivity contribution in [3.8, 4) is 0 Å². The van der Waals surface area contributed by atoms with Crippen LogP contribution < -0.4 is 0 Å². The number of oxazole rings is 1. The molecule has 1 aromatic heterocycles. The molecule has 0 bridgehead atoms. The summed E-state index contributed by atoms with van der Waals surface area (Å²) in [5, 5.41) is 7.12. The average molecular weight is 507 g/mol. The first kappa shape index (κ1) is 26.5. The Kier molecular flexibility index (Phi) is 7.77. The van der Waals surface area contributed by atoms with Crippen molar-refractivity contribution in [1.82, 2.24) is 14.8 Å². The summed E-state index contributed by atoms with van der Waals surface area (Å²) in [4.78, 5) is 29.3. The van der Waals surface area contributed by atoms with Crippen LogP contribution in [0.1, 0.15) is 46.1 Å². The smallest absolute Gasteiger partial charge is 0.475 e. The molecule has 2 aliphatic rings. The van der Waals surface area contributed by atoms with Gasteiger partial charge in [-0.05, 0) is 24.1 Å². The number of carboxylic acids is 1. The summed E-state index contributed by atoms with van der Waals surface area (Å²) < 4.78 is 77.4. The van der Waals surface area contributed by atoms with Crippen LogP contribution in [-0.4, -0.2) is 63.5 Å². The molecule has 1 saturated heterocycles. The number of nitrogens with zero attached hydrogens (tertiary/aromatic N) is 3. The van der Waals surface area contributed by atoms with Crippen LogP contribution in [-0.2, 0) is 24.3 Å². The molecule has 0 atom stereocenters. The van der Waals surface area contributed by atoms with Crippen LogP contribution in [0.4, 0.5) is 26.3 Å². The third-order valence-corrected chi connectivity index (χ3v) is 5.64. The number of alkyl halides is 5. The lowest BCUT2D eigenvalue weighted by Gasteiger charge is -2.30. The van der Waals surface area contributed by atoms with E-state index in [-0.39, 0.29) is 37.6 Å².